The Labute approximate surface area is 102 Å². The van der Waals surface area contributed by atoms with Gasteiger partial charge in [-0.3, -0.25) is 9.59 Å². The summed E-state index contributed by atoms with van der Waals surface area (Å²) in [5.41, 5.74) is -0.589. The Bertz CT molecular complexity index is 520. The Morgan fingerprint density at radius 1 is 1.22 bits per heavy atom. The predicted molar refractivity (Wildman–Crippen MR) is 59.5 cm³/mol. The highest BCUT2D eigenvalue weighted by Crippen LogP contribution is 2.42. The molecule has 1 saturated carbocycles. The monoisotopic (exact) mass is 252 g/mol. The van der Waals surface area contributed by atoms with E-state index in [0.717, 1.165) is 0 Å². The summed E-state index contributed by atoms with van der Waals surface area (Å²) in [5.74, 6) is -7.52. The normalized spacial score (nSPS) is 25.4. The predicted octanol–water partition coefficient (Wildman–Crippen LogP) is 2.39. The molecule has 0 aliphatic heterocycles. The summed E-state index contributed by atoms with van der Waals surface area (Å²) in [6.07, 6.45) is -0.324. The molecule has 0 saturated heterocycles. The number of allylic oxidation sites excluding steroid dienone is 1. The van der Waals surface area contributed by atoms with E-state index in [9.17, 15) is 18.4 Å². The zero-order valence-electron chi connectivity index (χ0n) is 9.27. The molecule has 94 valence electrons. The Kier molecular flexibility index (Phi) is 2.98. The van der Waals surface area contributed by atoms with Crippen molar-refractivity contribution >= 4 is 11.6 Å². The number of hydrogen-bond acceptors (Lipinski definition) is 3. The van der Waals surface area contributed by atoms with Crippen LogP contribution in [0.4, 0.5) is 8.78 Å². The lowest BCUT2D eigenvalue weighted by atomic mass is 9.77. The molecule has 0 radical (unpaired) electrons. The van der Waals surface area contributed by atoms with Crippen LogP contribution in [0.2, 0.25) is 0 Å². The maximum atomic E-state index is 13.9. The van der Waals surface area contributed by atoms with E-state index in [1.807, 2.05) is 0 Å². The summed E-state index contributed by atoms with van der Waals surface area (Å²) in [6, 6.07) is 7.70. The number of aliphatic hydroxyl groups excluding tert-OH is 1. The average Bonchev–Trinajstić information content (AvgIpc) is 2.36. The molecule has 1 aliphatic rings. The third-order valence-corrected chi connectivity index (χ3v) is 3.01. The summed E-state index contributed by atoms with van der Waals surface area (Å²) < 4.78 is 27.8. The first-order valence-corrected chi connectivity index (χ1v) is 5.33. The number of hydrogen-bond donors (Lipinski definition) is 1. The zero-order valence-corrected chi connectivity index (χ0v) is 9.27. The molecule has 1 atom stereocenters. The van der Waals surface area contributed by atoms with E-state index in [4.69, 9.17) is 5.11 Å². The highest BCUT2D eigenvalue weighted by Gasteiger charge is 2.54. The fraction of sp³-hybridized carbons (Fsp3) is 0.231. The van der Waals surface area contributed by atoms with Crippen molar-refractivity contribution in [3.8, 4) is 0 Å². The molecule has 0 bridgehead atoms. The van der Waals surface area contributed by atoms with Crippen LogP contribution in [-0.4, -0.2) is 22.6 Å². The largest absolute Gasteiger partial charge is 0.515 e. The molecule has 1 fully saturated rings. The molecular weight excluding hydrogens is 242 g/mol. The fourth-order valence-corrected chi connectivity index (χ4v) is 2.03. The number of halogens is 2. The van der Waals surface area contributed by atoms with Crippen LogP contribution < -0.4 is 0 Å². The van der Waals surface area contributed by atoms with Crippen LogP contribution in [0.5, 0.6) is 0 Å². The lowest BCUT2D eigenvalue weighted by Gasteiger charge is -2.30. The molecule has 0 aromatic heterocycles. The van der Waals surface area contributed by atoms with E-state index in [2.05, 4.69) is 0 Å². The first-order chi connectivity index (χ1) is 8.48. The van der Waals surface area contributed by atoms with Gasteiger partial charge < -0.3 is 5.11 Å². The van der Waals surface area contributed by atoms with Gasteiger partial charge in [-0.15, -0.1) is 0 Å². The van der Waals surface area contributed by atoms with Gasteiger partial charge in [0.05, 0.1) is 12.2 Å². The number of benzene rings is 1. The number of aliphatic hydroxyl groups is 1. The highest BCUT2D eigenvalue weighted by molar-refractivity contribution is 6.24. The summed E-state index contributed by atoms with van der Waals surface area (Å²) in [5, 5.41) is 8.68. The number of carbonyl (C=O) groups excluding carboxylic acids is 2. The van der Waals surface area contributed by atoms with E-state index >= 15 is 0 Å². The summed E-state index contributed by atoms with van der Waals surface area (Å²) in [4.78, 5) is 23.0. The van der Waals surface area contributed by atoms with Gasteiger partial charge in [0.25, 0.3) is 0 Å². The fourth-order valence-electron chi connectivity index (χ4n) is 2.03. The van der Waals surface area contributed by atoms with E-state index < -0.39 is 35.4 Å². The van der Waals surface area contributed by atoms with E-state index in [1.165, 1.54) is 12.1 Å². The number of ketones is 2. The highest BCUT2D eigenvalue weighted by atomic mass is 19.3. The van der Waals surface area contributed by atoms with Gasteiger partial charge in [0.1, 0.15) is 5.57 Å². The quantitative estimate of drug-likeness (QED) is 0.474. The van der Waals surface area contributed by atoms with Gasteiger partial charge in [-0.25, -0.2) is 0 Å². The van der Waals surface area contributed by atoms with Crippen LogP contribution in [0.25, 0.3) is 0 Å². The van der Waals surface area contributed by atoms with Crippen molar-refractivity contribution in [1.82, 2.24) is 0 Å². The maximum Gasteiger partial charge on any atom is 0.317 e. The molecule has 18 heavy (non-hydrogen) atoms. The second kappa shape index (κ2) is 4.33. The van der Waals surface area contributed by atoms with Crippen molar-refractivity contribution in [1.29, 1.82) is 0 Å². The van der Waals surface area contributed by atoms with E-state index in [1.54, 1.807) is 18.2 Å². The number of carbonyl (C=O) groups is 2. The third-order valence-electron chi connectivity index (χ3n) is 3.01. The first kappa shape index (κ1) is 12.4. The lowest BCUT2D eigenvalue weighted by Crippen LogP contribution is -2.44. The van der Waals surface area contributed by atoms with Gasteiger partial charge in [0, 0.05) is 6.42 Å². The van der Waals surface area contributed by atoms with Crippen LogP contribution in [0.1, 0.15) is 17.9 Å². The molecule has 1 unspecified atom stereocenters. The Balaban J connectivity index is 2.45. The van der Waals surface area contributed by atoms with Gasteiger partial charge in [0.15, 0.2) is 5.78 Å². The molecule has 0 spiro atoms. The van der Waals surface area contributed by atoms with Crippen LogP contribution >= 0.6 is 0 Å². The molecule has 1 aliphatic carbocycles. The topological polar surface area (TPSA) is 54.4 Å². The minimum Gasteiger partial charge on any atom is -0.515 e. The van der Waals surface area contributed by atoms with E-state index in [0.29, 0.717) is 0 Å². The molecule has 3 nitrogen and oxygen atoms in total. The SMILES string of the molecule is O=C1CC(c2ccccc2)C(F)(F)C(=O)/C1=C/O. The van der Waals surface area contributed by atoms with Crippen LogP contribution in [-0.2, 0) is 9.59 Å². The molecular formula is C13H10F2O3. The second-order valence-electron chi connectivity index (χ2n) is 4.09. The molecule has 2 rings (SSSR count). The number of Topliss-reactive ketones (excluding diaryl/α,β-unsaturated/α-hetero) is 2. The average molecular weight is 252 g/mol. The van der Waals surface area contributed by atoms with Crippen molar-refractivity contribution < 1.29 is 23.5 Å². The molecule has 1 N–H and O–H groups in total. The molecule has 1 aromatic carbocycles. The standard InChI is InChI=1S/C13H10F2O3/c14-13(15)10(8-4-2-1-3-5-8)6-11(17)9(7-16)12(13)18/h1-5,7,10,16H,6H2/b9-7+. The van der Waals surface area contributed by atoms with Gasteiger partial charge in [-0.05, 0) is 5.56 Å². The summed E-state index contributed by atoms with van der Waals surface area (Å²) in [6.45, 7) is 0. The van der Waals surface area contributed by atoms with Crippen molar-refractivity contribution in [2.75, 3.05) is 0 Å². The molecule has 5 heteroatoms. The van der Waals surface area contributed by atoms with Crippen molar-refractivity contribution in [3.05, 3.63) is 47.7 Å². The van der Waals surface area contributed by atoms with E-state index in [-0.39, 0.29) is 11.8 Å². The third kappa shape index (κ3) is 1.81. The smallest absolute Gasteiger partial charge is 0.317 e. The number of rotatable bonds is 1. The molecule has 1 aromatic rings. The van der Waals surface area contributed by atoms with Crippen LogP contribution in [0.15, 0.2) is 42.2 Å². The Hall–Kier alpha value is -2.04. The van der Waals surface area contributed by atoms with Gasteiger partial charge in [-0.1, -0.05) is 30.3 Å². The molecule has 0 amide bonds. The van der Waals surface area contributed by atoms with Crippen LogP contribution in [0, 0.1) is 0 Å². The summed E-state index contributed by atoms with van der Waals surface area (Å²) in [7, 11) is 0. The van der Waals surface area contributed by atoms with Gasteiger partial charge in [0.2, 0.25) is 5.78 Å². The summed E-state index contributed by atoms with van der Waals surface area (Å²) >= 11 is 0. The Morgan fingerprint density at radius 2 is 1.83 bits per heavy atom. The van der Waals surface area contributed by atoms with Crippen LogP contribution in [0.3, 0.4) is 0 Å². The second-order valence-corrected chi connectivity index (χ2v) is 4.09. The minimum atomic E-state index is -3.68. The minimum absolute atomic E-state index is 0.166. The first-order valence-electron chi connectivity index (χ1n) is 5.33. The maximum absolute atomic E-state index is 13.9. The molecule has 0 heterocycles. The van der Waals surface area contributed by atoms with Gasteiger partial charge >= 0.3 is 5.92 Å². The van der Waals surface area contributed by atoms with Crippen molar-refractivity contribution in [3.63, 3.8) is 0 Å². The number of alkyl halides is 2. The Morgan fingerprint density at radius 3 is 2.39 bits per heavy atom. The zero-order chi connectivity index (χ0) is 13.3. The van der Waals surface area contributed by atoms with Crippen molar-refractivity contribution in [2.45, 2.75) is 18.3 Å². The van der Waals surface area contributed by atoms with Gasteiger partial charge in [-0.2, -0.15) is 8.78 Å². The lowest BCUT2D eigenvalue weighted by molar-refractivity contribution is -0.149. The van der Waals surface area contributed by atoms with Crippen molar-refractivity contribution in [2.24, 2.45) is 0 Å².